The number of nitrogens with one attached hydrogen (secondary N) is 1. The van der Waals surface area contributed by atoms with Gasteiger partial charge in [0, 0.05) is 25.7 Å². The van der Waals surface area contributed by atoms with Crippen LogP contribution in [0.4, 0.5) is 0 Å². The number of piperidine rings is 1. The molecule has 0 aliphatic carbocycles. The Morgan fingerprint density at radius 2 is 1.74 bits per heavy atom. The molecule has 1 N–H and O–H groups in total. The van der Waals surface area contributed by atoms with Gasteiger partial charge in [0.2, 0.25) is 5.91 Å². The summed E-state index contributed by atoms with van der Waals surface area (Å²) in [5, 5.41) is 3.34. The van der Waals surface area contributed by atoms with E-state index in [4.69, 9.17) is 0 Å². The zero-order chi connectivity index (χ0) is 13.2. The van der Waals surface area contributed by atoms with Gasteiger partial charge in [-0.2, -0.15) is 0 Å². The van der Waals surface area contributed by atoms with Gasteiger partial charge in [-0.1, -0.05) is 6.92 Å². The van der Waals surface area contributed by atoms with Gasteiger partial charge in [0.15, 0.2) is 0 Å². The van der Waals surface area contributed by atoms with Gasteiger partial charge in [0.25, 0.3) is 0 Å². The van der Waals surface area contributed by atoms with Crippen molar-refractivity contribution in [3.8, 4) is 0 Å². The summed E-state index contributed by atoms with van der Waals surface area (Å²) in [6.45, 7) is 8.59. The predicted octanol–water partition coefficient (Wildman–Crippen LogP) is 0.929. The van der Waals surface area contributed by atoms with Crippen LogP contribution in [0.15, 0.2) is 0 Å². The maximum absolute atomic E-state index is 12.5. The van der Waals surface area contributed by atoms with Crippen LogP contribution in [-0.4, -0.2) is 61.0 Å². The smallest absolute Gasteiger partial charge is 0.227 e. The first-order valence-electron chi connectivity index (χ1n) is 7.99. The minimum Gasteiger partial charge on any atom is -0.342 e. The third-order valence-corrected chi connectivity index (χ3v) is 5.27. The van der Waals surface area contributed by atoms with Crippen LogP contribution in [0.3, 0.4) is 0 Å². The highest BCUT2D eigenvalue weighted by Crippen LogP contribution is 2.24. The number of rotatable bonds is 2. The quantitative estimate of drug-likeness (QED) is 0.807. The highest BCUT2D eigenvalue weighted by atomic mass is 16.2. The average molecular weight is 265 g/mol. The summed E-state index contributed by atoms with van der Waals surface area (Å²) in [7, 11) is 0. The largest absolute Gasteiger partial charge is 0.342 e. The van der Waals surface area contributed by atoms with Crippen LogP contribution in [0.2, 0.25) is 0 Å². The van der Waals surface area contributed by atoms with E-state index < -0.39 is 0 Å². The summed E-state index contributed by atoms with van der Waals surface area (Å²) < 4.78 is 0. The van der Waals surface area contributed by atoms with Crippen LogP contribution in [0.1, 0.15) is 32.6 Å². The molecule has 4 heteroatoms. The fourth-order valence-electron chi connectivity index (χ4n) is 3.93. The second-order valence-corrected chi connectivity index (χ2v) is 6.54. The van der Waals surface area contributed by atoms with Gasteiger partial charge in [-0.25, -0.2) is 0 Å². The number of amides is 1. The highest BCUT2D eigenvalue weighted by Gasteiger charge is 2.35. The summed E-state index contributed by atoms with van der Waals surface area (Å²) in [5.41, 5.74) is 0. The fourth-order valence-corrected chi connectivity index (χ4v) is 3.93. The standard InChI is InChI=1S/C15H27N3O/c1-12-10-16-11-14(12)15(19)18-8-4-13(5-9-18)17-6-2-3-7-17/h12-14,16H,2-11H2,1H3. The molecule has 3 fully saturated rings. The van der Waals surface area contributed by atoms with E-state index in [0.717, 1.165) is 32.2 Å². The van der Waals surface area contributed by atoms with E-state index in [9.17, 15) is 4.79 Å². The van der Waals surface area contributed by atoms with Crippen molar-refractivity contribution >= 4 is 5.91 Å². The van der Waals surface area contributed by atoms with Gasteiger partial charge in [-0.15, -0.1) is 0 Å². The molecule has 3 rings (SSSR count). The Balaban J connectivity index is 1.50. The molecule has 2 atom stereocenters. The van der Waals surface area contributed by atoms with Crippen molar-refractivity contribution in [3.05, 3.63) is 0 Å². The molecule has 2 unspecified atom stereocenters. The Morgan fingerprint density at radius 3 is 2.32 bits per heavy atom. The van der Waals surface area contributed by atoms with Gasteiger partial charge in [0.1, 0.15) is 0 Å². The minimum absolute atomic E-state index is 0.225. The second kappa shape index (κ2) is 5.80. The van der Waals surface area contributed by atoms with Gasteiger partial charge in [0.05, 0.1) is 5.92 Å². The topological polar surface area (TPSA) is 35.6 Å². The van der Waals surface area contributed by atoms with E-state index in [-0.39, 0.29) is 5.92 Å². The number of hydrogen-bond donors (Lipinski definition) is 1. The molecule has 4 nitrogen and oxygen atoms in total. The lowest BCUT2D eigenvalue weighted by Gasteiger charge is -2.38. The number of likely N-dealkylation sites (tertiary alicyclic amines) is 2. The van der Waals surface area contributed by atoms with Crippen molar-refractivity contribution in [1.82, 2.24) is 15.1 Å². The monoisotopic (exact) mass is 265 g/mol. The van der Waals surface area contributed by atoms with E-state index in [1.807, 2.05) is 0 Å². The Labute approximate surface area is 116 Å². The maximum Gasteiger partial charge on any atom is 0.227 e. The van der Waals surface area contributed by atoms with E-state index in [1.165, 1.54) is 38.8 Å². The predicted molar refractivity (Wildman–Crippen MR) is 75.9 cm³/mol. The van der Waals surface area contributed by atoms with E-state index in [1.54, 1.807) is 0 Å². The lowest BCUT2D eigenvalue weighted by molar-refractivity contribution is -0.137. The van der Waals surface area contributed by atoms with Crippen molar-refractivity contribution in [3.63, 3.8) is 0 Å². The Morgan fingerprint density at radius 1 is 1.05 bits per heavy atom. The summed E-state index contributed by atoms with van der Waals surface area (Å²) >= 11 is 0. The van der Waals surface area contributed by atoms with Crippen LogP contribution in [0.25, 0.3) is 0 Å². The van der Waals surface area contributed by atoms with Crippen LogP contribution in [-0.2, 0) is 4.79 Å². The molecule has 3 saturated heterocycles. The van der Waals surface area contributed by atoms with Gasteiger partial charge >= 0.3 is 0 Å². The zero-order valence-corrected chi connectivity index (χ0v) is 12.1. The molecule has 1 amide bonds. The molecule has 3 aliphatic heterocycles. The van der Waals surface area contributed by atoms with Crippen LogP contribution in [0.5, 0.6) is 0 Å². The van der Waals surface area contributed by atoms with Crippen molar-refractivity contribution in [1.29, 1.82) is 0 Å². The molecule has 108 valence electrons. The highest BCUT2D eigenvalue weighted by molar-refractivity contribution is 5.79. The molecule has 3 heterocycles. The van der Waals surface area contributed by atoms with Crippen molar-refractivity contribution < 1.29 is 4.79 Å². The molecule has 0 aromatic heterocycles. The fraction of sp³-hybridized carbons (Fsp3) is 0.933. The number of nitrogens with zero attached hydrogens (tertiary/aromatic N) is 2. The van der Waals surface area contributed by atoms with Crippen LogP contribution < -0.4 is 5.32 Å². The van der Waals surface area contributed by atoms with E-state index in [2.05, 4.69) is 22.0 Å². The molecule has 19 heavy (non-hydrogen) atoms. The Bertz CT molecular complexity index is 319. The molecule has 0 aromatic carbocycles. The molecule has 0 spiro atoms. The first-order valence-corrected chi connectivity index (χ1v) is 7.99. The van der Waals surface area contributed by atoms with E-state index in [0.29, 0.717) is 11.8 Å². The molecule has 3 aliphatic rings. The van der Waals surface area contributed by atoms with Crippen molar-refractivity contribution in [2.75, 3.05) is 39.3 Å². The maximum atomic E-state index is 12.5. The third kappa shape index (κ3) is 2.79. The zero-order valence-electron chi connectivity index (χ0n) is 12.1. The molecule has 0 aromatic rings. The molecule has 0 radical (unpaired) electrons. The van der Waals surface area contributed by atoms with Crippen molar-refractivity contribution in [2.45, 2.75) is 38.6 Å². The summed E-state index contributed by atoms with van der Waals surface area (Å²) in [6, 6.07) is 0.741. The summed E-state index contributed by atoms with van der Waals surface area (Å²) in [5.74, 6) is 1.13. The van der Waals surface area contributed by atoms with Gasteiger partial charge < -0.3 is 15.1 Å². The van der Waals surface area contributed by atoms with Crippen LogP contribution >= 0.6 is 0 Å². The average Bonchev–Trinajstić information content (AvgIpc) is 3.09. The van der Waals surface area contributed by atoms with Gasteiger partial charge in [-0.05, 0) is 51.2 Å². The van der Waals surface area contributed by atoms with Crippen LogP contribution in [0, 0.1) is 11.8 Å². The number of carbonyl (C=O) groups excluding carboxylic acids is 1. The first-order chi connectivity index (χ1) is 9.25. The number of hydrogen-bond acceptors (Lipinski definition) is 3. The lowest BCUT2D eigenvalue weighted by Crippen LogP contribution is -2.48. The van der Waals surface area contributed by atoms with E-state index >= 15 is 0 Å². The van der Waals surface area contributed by atoms with Gasteiger partial charge in [-0.3, -0.25) is 4.79 Å². The third-order valence-electron chi connectivity index (χ3n) is 5.27. The second-order valence-electron chi connectivity index (χ2n) is 6.54. The normalized spacial score (nSPS) is 34.1. The molecular formula is C15H27N3O. The SMILES string of the molecule is CC1CNCC1C(=O)N1CCC(N2CCCC2)CC1. The van der Waals surface area contributed by atoms with Crippen molar-refractivity contribution in [2.24, 2.45) is 11.8 Å². The molecule has 0 bridgehead atoms. The Hall–Kier alpha value is -0.610. The summed E-state index contributed by atoms with van der Waals surface area (Å²) in [6.07, 6.45) is 5.09. The minimum atomic E-state index is 0.225. The number of carbonyl (C=O) groups is 1. The lowest BCUT2D eigenvalue weighted by atomic mass is 9.94. The summed E-state index contributed by atoms with van der Waals surface area (Å²) in [4.78, 5) is 17.3. The molecular weight excluding hydrogens is 238 g/mol. The molecule has 0 saturated carbocycles. The Kier molecular flexibility index (Phi) is 4.08. The first kappa shape index (κ1) is 13.4.